The summed E-state index contributed by atoms with van der Waals surface area (Å²) in [5.41, 5.74) is 15.3. The van der Waals surface area contributed by atoms with Crippen LogP contribution in [0.25, 0.3) is 0 Å². The minimum Gasteiger partial charge on any atom is -0.480 e. The van der Waals surface area contributed by atoms with Crippen LogP contribution >= 0.6 is 24.8 Å². The average Bonchev–Trinajstić information content (AvgIpc) is 2.12. The second-order valence-electron chi connectivity index (χ2n) is 2.50. The molecule has 0 aromatic heterocycles. The van der Waals surface area contributed by atoms with Gasteiger partial charge in [0.1, 0.15) is 6.04 Å². The molecule has 0 aromatic rings. The van der Waals surface area contributed by atoms with Crippen molar-refractivity contribution in [2.75, 3.05) is 6.54 Å². The fraction of sp³-hybridized carbons (Fsp3) is 0.571. The van der Waals surface area contributed by atoms with Crippen LogP contribution in [0.1, 0.15) is 12.8 Å². The first-order chi connectivity index (χ1) is 6.95. The van der Waals surface area contributed by atoms with E-state index in [2.05, 4.69) is 29.8 Å². The number of rotatable bonds is 5. The van der Waals surface area contributed by atoms with E-state index >= 15 is 0 Å². The van der Waals surface area contributed by atoms with Crippen molar-refractivity contribution in [3.05, 3.63) is 0 Å². The van der Waals surface area contributed by atoms with Crippen LogP contribution in [0, 0.1) is 0 Å². The molecule has 0 spiro atoms. The summed E-state index contributed by atoms with van der Waals surface area (Å²) in [5, 5.41) is 8.38. The Kier molecular flexibility index (Phi) is 12.4. The number of nitrogens with two attached hydrogens (primary N) is 3. The molecule has 0 heterocycles. The van der Waals surface area contributed by atoms with E-state index < -0.39 is 12.0 Å². The second kappa shape index (κ2) is 11.2. The van der Waals surface area contributed by atoms with Crippen LogP contribution in [-0.2, 0) is 4.79 Å². The smallest absolute Gasteiger partial charge is 0.320 e. The van der Waals surface area contributed by atoms with Crippen LogP contribution in [-0.4, -0.2) is 34.3 Å². The summed E-state index contributed by atoms with van der Waals surface area (Å²) in [6.07, 6.45) is 0.956. The Morgan fingerprint density at radius 2 is 2.07 bits per heavy atom. The van der Waals surface area contributed by atoms with Gasteiger partial charge in [-0.3, -0.25) is 9.79 Å². The lowest BCUT2D eigenvalue weighted by molar-refractivity contribution is -0.138. The van der Waals surface area contributed by atoms with Gasteiger partial charge in [-0.2, -0.15) is 0 Å². The summed E-state index contributed by atoms with van der Waals surface area (Å²) in [7, 11) is 0. The number of thiol groups is 1. The number of nitrogens with zero attached hydrogens (tertiary/aromatic N) is 1. The summed E-state index contributed by atoms with van der Waals surface area (Å²) in [6, 6.07) is -0.820. The van der Waals surface area contributed by atoms with Crippen molar-refractivity contribution < 1.29 is 9.90 Å². The van der Waals surface area contributed by atoms with Gasteiger partial charge in [0, 0.05) is 11.2 Å². The van der Waals surface area contributed by atoms with Crippen LogP contribution in [0.5, 0.6) is 0 Å². The summed E-state index contributed by atoms with van der Waals surface area (Å²) < 4.78 is 1.28. The fourth-order valence-corrected chi connectivity index (χ4v) is 0.643. The van der Waals surface area contributed by atoms with Gasteiger partial charge in [-0.15, -0.1) is 12.6 Å². The molecule has 1 atom stereocenters. The van der Waals surface area contributed by atoms with E-state index in [4.69, 9.17) is 22.3 Å². The Hall–Kier alpha value is -0.860. The summed E-state index contributed by atoms with van der Waals surface area (Å²) >= 11 is 7.61. The highest BCUT2D eigenvalue weighted by molar-refractivity contribution is 8.08. The zero-order valence-electron chi connectivity index (χ0n) is 8.17. The number of thiocarbonyl (C=S) groups is 1. The molecule has 0 aliphatic carbocycles. The number of guanidine groups is 1. The largest absolute Gasteiger partial charge is 0.480 e. The molecule has 0 fully saturated rings. The van der Waals surface area contributed by atoms with E-state index in [0.29, 0.717) is 19.4 Å². The number of carboxylic acids is 1. The van der Waals surface area contributed by atoms with Crippen LogP contribution < -0.4 is 17.2 Å². The van der Waals surface area contributed by atoms with E-state index in [1.54, 1.807) is 0 Å². The quantitative estimate of drug-likeness (QED) is 0.145. The molecule has 0 aliphatic heterocycles. The standard InChI is InChI=1S/C6H14N4O2.CH2S2/c7-4(5(11)12)2-1-3-10-6(8)9;2-1-3/h4H,1-3,7H2,(H,11,12)(H4,8,9,10);1H,(H,2,3)/t4-;/m0./s1. The van der Waals surface area contributed by atoms with Gasteiger partial charge in [0.05, 0.1) is 0 Å². The summed E-state index contributed by atoms with van der Waals surface area (Å²) in [6.45, 7) is 0.420. The van der Waals surface area contributed by atoms with E-state index in [-0.39, 0.29) is 5.96 Å². The van der Waals surface area contributed by atoms with Gasteiger partial charge in [0.2, 0.25) is 0 Å². The van der Waals surface area contributed by atoms with Crippen molar-refractivity contribution in [3.63, 3.8) is 0 Å². The minimum absolute atomic E-state index is 0.0129. The van der Waals surface area contributed by atoms with E-state index in [1.165, 1.54) is 4.70 Å². The van der Waals surface area contributed by atoms with Gasteiger partial charge in [0.25, 0.3) is 0 Å². The van der Waals surface area contributed by atoms with Crippen molar-refractivity contribution in [3.8, 4) is 0 Å². The summed E-state index contributed by atoms with van der Waals surface area (Å²) in [5.74, 6) is -0.987. The lowest BCUT2D eigenvalue weighted by atomic mass is 10.2. The molecule has 0 unspecified atom stereocenters. The normalized spacial score (nSPS) is 10.5. The molecule has 7 N–H and O–H groups in total. The maximum Gasteiger partial charge on any atom is 0.320 e. The predicted molar refractivity (Wildman–Crippen MR) is 68.2 cm³/mol. The topological polar surface area (TPSA) is 128 Å². The maximum atomic E-state index is 10.2. The highest BCUT2D eigenvalue weighted by atomic mass is 32.1. The molecule has 6 nitrogen and oxygen atoms in total. The molecule has 0 saturated heterocycles. The number of hydrogen-bond donors (Lipinski definition) is 5. The third-order valence-electron chi connectivity index (χ3n) is 1.28. The Morgan fingerprint density at radius 3 is 2.40 bits per heavy atom. The lowest BCUT2D eigenvalue weighted by Gasteiger charge is -2.03. The molecular weight excluding hydrogens is 236 g/mol. The number of hydrogen-bond acceptors (Lipinski definition) is 4. The van der Waals surface area contributed by atoms with Gasteiger partial charge in [-0.25, -0.2) is 0 Å². The van der Waals surface area contributed by atoms with Crippen LogP contribution in [0.3, 0.4) is 0 Å². The molecular formula is C7H16N4O2S2. The van der Waals surface area contributed by atoms with Crippen molar-refractivity contribution in [1.82, 2.24) is 0 Å². The number of carboxylic acid groups (broad SMARTS) is 1. The second-order valence-corrected chi connectivity index (χ2v) is 3.34. The number of aliphatic carboxylic acids is 1. The third-order valence-corrected chi connectivity index (χ3v) is 1.28. The average molecular weight is 252 g/mol. The van der Waals surface area contributed by atoms with Gasteiger partial charge in [-0.05, 0) is 12.8 Å². The zero-order valence-corrected chi connectivity index (χ0v) is 9.88. The van der Waals surface area contributed by atoms with E-state index in [1.807, 2.05) is 0 Å². The van der Waals surface area contributed by atoms with Gasteiger partial charge in [0.15, 0.2) is 5.96 Å². The fourth-order valence-electron chi connectivity index (χ4n) is 0.643. The molecule has 0 bridgehead atoms. The molecule has 0 amide bonds. The Balaban J connectivity index is 0. The molecule has 0 saturated carbocycles. The van der Waals surface area contributed by atoms with Crippen molar-refractivity contribution in [1.29, 1.82) is 0 Å². The molecule has 88 valence electrons. The van der Waals surface area contributed by atoms with Gasteiger partial charge in [-0.1, -0.05) is 12.2 Å². The monoisotopic (exact) mass is 252 g/mol. The first-order valence-corrected chi connectivity index (χ1v) is 5.06. The molecule has 15 heavy (non-hydrogen) atoms. The molecule has 0 rings (SSSR count). The van der Waals surface area contributed by atoms with Crippen LogP contribution in [0.15, 0.2) is 4.99 Å². The van der Waals surface area contributed by atoms with E-state index in [9.17, 15) is 4.79 Å². The Morgan fingerprint density at radius 1 is 1.60 bits per heavy atom. The molecule has 8 heteroatoms. The number of aliphatic imine (C=N–C) groups is 1. The highest BCUT2D eigenvalue weighted by Gasteiger charge is 2.09. The maximum absolute atomic E-state index is 10.2. The predicted octanol–water partition coefficient (Wildman–Crippen LogP) is -0.675. The highest BCUT2D eigenvalue weighted by Crippen LogP contribution is 1.94. The number of carbonyl (C=O) groups is 1. The molecule has 0 aliphatic rings. The molecule has 0 radical (unpaired) electrons. The third kappa shape index (κ3) is 15.9. The van der Waals surface area contributed by atoms with E-state index in [0.717, 1.165) is 0 Å². The van der Waals surface area contributed by atoms with Gasteiger partial charge < -0.3 is 22.3 Å². The summed E-state index contributed by atoms with van der Waals surface area (Å²) in [4.78, 5) is 13.9. The van der Waals surface area contributed by atoms with Crippen molar-refractivity contribution in [2.24, 2.45) is 22.2 Å². The van der Waals surface area contributed by atoms with Crippen molar-refractivity contribution >= 4 is 41.5 Å². The Bertz CT molecular complexity index is 219. The SMILES string of the molecule is NC(N)=NCCC[C@H](N)C(=O)O.S=CS. The first kappa shape index (κ1) is 16.6. The Labute approximate surface area is 99.3 Å². The first-order valence-electron chi connectivity index (χ1n) is 4.07. The zero-order chi connectivity index (χ0) is 12.3. The van der Waals surface area contributed by atoms with Gasteiger partial charge >= 0.3 is 5.97 Å². The molecule has 0 aromatic carbocycles. The van der Waals surface area contributed by atoms with Crippen LogP contribution in [0.4, 0.5) is 0 Å². The minimum atomic E-state index is -1.00. The van der Waals surface area contributed by atoms with Crippen molar-refractivity contribution in [2.45, 2.75) is 18.9 Å². The lowest BCUT2D eigenvalue weighted by Crippen LogP contribution is -2.30. The van der Waals surface area contributed by atoms with Crippen LogP contribution in [0.2, 0.25) is 0 Å².